The van der Waals surface area contributed by atoms with Crippen molar-refractivity contribution in [2.75, 3.05) is 7.11 Å². The van der Waals surface area contributed by atoms with E-state index in [2.05, 4.69) is 20.7 Å². The molecule has 16 heavy (non-hydrogen) atoms. The second kappa shape index (κ2) is 5.02. The Labute approximate surface area is 98.5 Å². The van der Waals surface area contributed by atoms with Crippen LogP contribution in [0.3, 0.4) is 0 Å². The Balaban J connectivity index is 3.53. The van der Waals surface area contributed by atoms with E-state index in [0.717, 1.165) is 19.2 Å². The van der Waals surface area contributed by atoms with E-state index in [1.165, 1.54) is 0 Å². The molecule has 0 bridgehead atoms. The highest BCUT2D eigenvalue weighted by Gasteiger charge is 2.26. The molecule has 0 spiro atoms. The zero-order valence-corrected chi connectivity index (χ0v) is 9.78. The van der Waals surface area contributed by atoms with Gasteiger partial charge in [-0.15, -0.1) is 0 Å². The number of rotatable bonds is 3. The lowest BCUT2D eigenvalue weighted by molar-refractivity contribution is -0.385. The highest BCUT2D eigenvalue weighted by Crippen LogP contribution is 2.27. The van der Waals surface area contributed by atoms with Gasteiger partial charge in [-0.2, -0.15) is 0 Å². The average Bonchev–Trinajstić information content (AvgIpc) is 2.27. The van der Waals surface area contributed by atoms with Crippen LogP contribution in [0.4, 0.5) is 10.1 Å². The van der Waals surface area contributed by atoms with Crippen molar-refractivity contribution in [1.29, 1.82) is 0 Å². The molecule has 0 saturated heterocycles. The van der Waals surface area contributed by atoms with Gasteiger partial charge in [0.2, 0.25) is 0 Å². The van der Waals surface area contributed by atoms with Crippen LogP contribution in [0.1, 0.15) is 15.9 Å². The Morgan fingerprint density at radius 2 is 2.25 bits per heavy atom. The predicted octanol–water partition coefficient (Wildman–Crippen LogP) is 2.42. The van der Waals surface area contributed by atoms with Gasteiger partial charge in [-0.1, -0.05) is 15.9 Å². The first kappa shape index (κ1) is 12.6. The van der Waals surface area contributed by atoms with Crippen molar-refractivity contribution in [2.24, 2.45) is 0 Å². The lowest BCUT2D eigenvalue weighted by atomic mass is 10.1. The summed E-state index contributed by atoms with van der Waals surface area (Å²) in [6.45, 7) is 0. The highest BCUT2D eigenvalue weighted by molar-refractivity contribution is 9.08. The molecule has 0 unspecified atom stereocenters. The number of carbonyl (C=O) groups is 1. The van der Waals surface area contributed by atoms with Gasteiger partial charge in [0.1, 0.15) is 11.4 Å². The minimum Gasteiger partial charge on any atom is -0.465 e. The minimum absolute atomic E-state index is 0.00898. The molecule has 0 aliphatic heterocycles. The first-order valence-corrected chi connectivity index (χ1v) is 5.25. The molecular weight excluding hydrogens is 285 g/mol. The zero-order valence-electron chi connectivity index (χ0n) is 8.20. The Bertz CT molecular complexity index is 449. The maximum atomic E-state index is 13.3. The van der Waals surface area contributed by atoms with Crippen LogP contribution in [0.15, 0.2) is 12.1 Å². The molecule has 0 heterocycles. The van der Waals surface area contributed by atoms with E-state index in [1.807, 2.05) is 0 Å². The van der Waals surface area contributed by atoms with Gasteiger partial charge < -0.3 is 4.74 Å². The van der Waals surface area contributed by atoms with Gasteiger partial charge in [-0.25, -0.2) is 9.18 Å². The van der Waals surface area contributed by atoms with E-state index < -0.39 is 22.4 Å². The molecule has 0 aromatic heterocycles. The number of nitro groups is 1. The standard InChI is InChI=1S/C9H7BrFNO4/c1-16-9(13)8-5(4-10)6(11)2-3-7(8)12(14)15/h2-3H,4H2,1H3. The number of nitrogens with zero attached hydrogens (tertiary/aromatic N) is 1. The van der Waals surface area contributed by atoms with Crippen molar-refractivity contribution >= 4 is 27.6 Å². The molecule has 5 nitrogen and oxygen atoms in total. The molecule has 0 radical (unpaired) electrons. The molecule has 0 atom stereocenters. The van der Waals surface area contributed by atoms with Gasteiger partial charge in [0.15, 0.2) is 0 Å². The molecule has 0 fully saturated rings. The summed E-state index contributed by atoms with van der Waals surface area (Å²) >= 11 is 2.97. The van der Waals surface area contributed by atoms with Crippen LogP contribution < -0.4 is 0 Å². The van der Waals surface area contributed by atoms with Crippen molar-refractivity contribution < 1.29 is 18.8 Å². The molecule has 0 aliphatic rings. The number of nitro benzene ring substituents is 1. The van der Waals surface area contributed by atoms with Crippen molar-refractivity contribution in [2.45, 2.75) is 5.33 Å². The molecule has 0 aliphatic carbocycles. The first-order valence-electron chi connectivity index (χ1n) is 4.13. The van der Waals surface area contributed by atoms with Gasteiger partial charge in [0.25, 0.3) is 5.69 Å². The van der Waals surface area contributed by atoms with E-state index in [4.69, 9.17) is 0 Å². The van der Waals surface area contributed by atoms with Crippen LogP contribution in [-0.2, 0) is 10.1 Å². The number of hydrogen-bond donors (Lipinski definition) is 0. The van der Waals surface area contributed by atoms with E-state index in [1.54, 1.807) is 0 Å². The average molecular weight is 292 g/mol. The number of carbonyl (C=O) groups excluding carboxylic acids is 1. The Kier molecular flexibility index (Phi) is 3.94. The summed E-state index contributed by atoms with van der Waals surface area (Å²) in [6, 6.07) is 1.88. The van der Waals surface area contributed by atoms with Gasteiger partial charge in [-0.05, 0) is 6.07 Å². The Hall–Kier alpha value is -1.50. The first-order chi connectivity index (χ1) is 7.52. The SMILES string of the molecule is COC(=O)c1c([N+](=O)[O-])ccc(F)c1CBr. The molecule has 86 valence electrons. The fourth-order valence-electron chi connectivity index (χ4n) is 1.22. The summed E-state index contributed by atoms with van der Waals surface area (Å²) in [4.78, 5) is 21.3. The molecule has 1 aromatic rings. The van der Waals surface area contributed by atoms with Gasteiger partial charge in [-0.3, -0.25) is 10.1 Å². The molecule has 0 N–H and O–H groups in total. The van der Waals surface area contributed by atoms with E-state index in [-0.39, 0.29) is 16.5 Å². The Morgan fingerprint density at radius 1 is 1.62 bits per heavy atom. The van der Waals surface area contributed by atoms with Crippen LogP contribution in [-0.4, -0.2) is 18.0 Å². The zero-order chi connectivity index (χ0) is 12.3. The molecule has 0 amide bonds. The lowest BCUT2D eigenvalue weighted by Crippen LogP contribution is -2.10. The molecular formula is C9H7BrFNO4. The van der Waals surface area contributed by atoms with Crippen LogP contribution >= 0.6 is 15.9 Å². The summed E-state index contributed by atoms with van der Waals surface area (Å²) in [7, 11) is 1.08. The van der Waals surface area contributed by atoms with Gasteiger partial charge >= 0.3 is 5.97 Å². The monoisotopic (exact) mass is 291 g/mol. The van der Waals surface area contributed by atoms with Crippen molar-refractivity contribution in [1.82, 2.24) is 0 Å². The third kappa shape index (κ3) is 2.19. The van der Waals surface area contributed by atoms with Crippen LogP contribution in [0.25, 0.3) is 0 Å². The van der Waals surface area contributed by atoms with E-state index >= 15 is 0 Å². The number of esters is 1. The number of alkyl halides is 1. The fraction of sp³-hybridized carbons (Fsp3) is 0.222. The molecule has 0 saturated carbocycles. The lowest BCUT2D eigenvalue weighted by Gasteiger charge is -2.06. The molecule has 1 aromatic carbocycles. The second-order valence-electron chi connectivity index (χ2n) is 2.80. The van der Waals surface area contributed by atoms with E-state index in [9.17, 15) is 19.3 Å². The fourth-order valence-corrected chi connectivity index (χ4v) is 1.77. The maximum absolute atomic E-state index is 13.3. The van der Waals surface area contributed by atoms with Crippen LogP contribution in [0, 0.1) is 15.9 Å². The normalized spacial score (nSPS) is 9.94. The number of halogens is 2. The smallest absolute Gasteiger partial charge is 0.345 e. The number of ether oxygens (including phenoxy) is 1. The maximum Gasteiger partial charge on any atom is 0.345 e. The summed E-state index contributed by atoms with van der Waals surface area (Å²) in [5, 5.41) is 10.7. The highest BCUT2D eigenvalue weighted by atomic mass is 79.9. The topological polar surface area (TPSA) is 69.4 Å². The summed E-state index contributed by atoms with van der Waals surface area (Å²) in [6.07, 6.45) is 0. The van der Waals surface area contributed by atoms with Crippen molar-refractivity contribution in [3.63, 3.8) is 0 Å². The molecule has 7 heteroatoms. The summed E-state index contributed by atoms with van der Waals surface area (Å²) in [5.74, 6) is -1.62. The number of benzene rings is 1. The van der Waals surface area contributed by atoms with Crippen LogP contribution in [0.5, 0.6) is 0 Å². The van der Waals surface area contributed by atoms with Gasteiger partial charge in [0.05, 0.1) is 12.0 Å². The predicted molar refractivity (Wildman–Crippen MR) is 57.0 cm³/mol. The van der Waals surface area contributed by atoms with Gasteiger partial charge in [0, 0.05) is 17.0 Å². The van der Waals surface area contributed by atoms with Crippen molar-refractivity contribution in [3.8, 4) is 0 Å². The summed E-state index contributed by atoms with van der Waals surface area (Å²) in [5.41, 5.74) is -0.909. The number of hydrogen-bond acceptors (Lipinski definition) is 4. The van der Waals surface area contributed by atoms with Crippen molar-refractivity contribution in [3.05, 3.63) is 39.2 Å². The van der Waals surface area contributed by atoms with Crippen LogP contribution in [0.2, 0.25) is 0 Å². The third-order valence-corrected chi connectivity index (χ3v) is 2.51. The third-order valence-electron chi connectivity index (χ3n) is 1.95. The second-order valence-corrected chi connectivity index (χ2v) is 3.36. The summed E-state index contributed by atoms with van der Waals surface area (Å²) < 4.78 is 17.7. The molecule has 1 rings (SSSR count). The quantitative estimate of drug-likeness (QED) is 0.371. The Morgan fingerprint density at radius 3 is 2.69 bits per heavy atom. The number of methoxy groups -OCH3 is 1. The van der Waals surface area contributed by atoms with E-state index in [0.29, 0.717) is 0 Å². The largest absolute Gasteiger partial charge is 0.465 e. The minimum atomic E-state index is -0.930.